The van der Waals surface area contributed by atoms with Gasteiger partial charge >= 0.3 is 0 Å². The molecule has 0 saturated carbocycles. The summed E-state index contributed by atoms with van der Waals surface area (Å²) in [5.74, 6) is 0.733. The summed E-state index contributed by atoms with van der Waals surface area (Å²) in [6.07, 6.45) is 1.71. The second kappa shape index (κ2) is 8.18. The molecule has 2 heterocycles. The largest absolute Gasteiger partial charge is 0.496 e. The highest BCUT2D eigenvalue weighted by Gasteiger charge is 2.25. The molecule has 2 aromatic rings. The number of carbonyl (C=O) groups excluding carboxylic acids is 2. The number of aromatic nitrogens is 1. The van der Waals surface area contributed by atoms with Crippen LogP contribution in [0.1, 0.15) is 22.8 Å². The Morgan fingerprint density at radius 3 is 2.44 bits per heavy atom. The maximum absolute atomic E-state index is 13.0. The van der Waals surface area contributed by atoms with E-state index in [1.807, 2.05) is 19.1 Å². The van der Waals surface area contributed by atoms with Crippen LogP contribution in [0.2, 0.25) is 0 Å². The number of carbonyl (C=O) groups is 2. The number of thiazole rings is 1. The van der Waals surface area contributed by atoms with Crippen LogP contribution in [0.4, 0.5) is 5.13 Å². The quantitative estimate of drug-likeness (QED) is 0.839. The molecule has 2 N–H and O–H groups in total. The first-order chi connectivity index (χ1) is 12.9. The number of amides is 2. The van der Waals surface area contributed by atoms with Gasteiger partial charge in [0.1, 0.15) is 5.75 Å². The Labute approximate surface area is 166 Å². The van der Waals surface area contributed by atoms with Crippen molar-refractivity contribution < 1.29 is 14.3 Å². The maximum Gasteiger partial charge on any atom is 0.254 e. The van der Waals surface area contributed by atoms with Crippen molar-refractivity contribution in [2.75, 3.05) is 39.0 Å². The van der Waals surface area contributed by atoms with E-state index in [2.05, 4.69) is 4.98 Å². The van der Waals surface area contributed by atoms with Gasteiger partial charge in [0, 0.05) is 38.7 Å². The van der Waals surface area contributed by atoms with Crippen molar-refractivity contribution in [1.29, 1.82) is 0 Å². The SMILES string of the molecule is COc1cc(C)c(C(=O)N2CCN(C(C)=O)CC2)cc1Sc1cnc(N)s1. The minimum atomic E-state index is -0.0241. The van der Waals surface area contributed by atoms with Crippen LogP contribution >= 0.6 is 23.1 Å². The van der Waals surface area contributed by atoms with E-state index in [4.69, 9.17) is 10.5 Å². The lowest BCUT2D eigenvalue weighted by molar-refractivity contribution is -0.130. The summed E-state index contributed by atoms with van der Waals surface area (Å²) in [4.78, 5) is 33.0. The van der Waals surface area contributed by atoms with Gasteiger partial charge in [-0.25, -0.2) is 4.98 Å². The van der Waals surface area contributed by atoms with Crippen molar-refractivity contribution in [3.63, 3.8) is 0 Å². The summed E-state index contributed by atoms with van der Waals surface area (Å²) in [6.45, 7) is 5.67. The molecule has 0 bridgehead atoms. The molecule has 1 aromatic heterocycles. The summed E-state index contributed by atoms with van der Waals surface area (Å²) in [6, 6.07) is 3.75. The number of benzene rings is 1. The van der Waals surface area contributed by atoms with Gasteiger partial charge in [-0.1, -0.05) is 23.1 Å². The van der Waals surface area contributed by atoms with Crippen molar-refractivity contribution in [3.8, 4) is 5.75 Å². The molecule has 7 nitrogen and oxygen atoms in total. The van der Waals surface area contributed by atoms with Gasteiger partial charge in [-0.15, -0.1) is 0 Å². The van der Waals surface area contributed by atoms with E-state index >= 15 is 0 Å². The monoisotopic (exact) mass is 406 g/mol. The van der Waals surface area contributed by atoms with E-state index in [1.54, 1.807) is 30.0 Å². The molecule has 2 amide bonds. The fourth-order valence-electron chi connectivity index (χ4n) is 2.95. The first-order valence-electron chi connectivity index (χ1n) is 8.51. The average molecular weight is 407 g/mol. The van der Waals surface area contributed by atoms with E-state index in [0.29, 0.717) is 42.6 Å². The van der Waals surface area contributed by atoms with Gasteiger partial charge in [0.25, 0.3) is 5.91 Å². The van der Waals surface area contributed by atoms with Crippen LogP contribution in [-0.2, 0) is 4.79 Å². The first-order valence-corrected chi connectivity index (χ1v) is 10.1. The summed E-state index contributed by atoms with van der Waals surface area (Å²) >= 11 is 2.87. The number of rotatable bonds is 4. The lowest BCUT2D eigenvalue weighted by Crippen LogP contribution is -2.50. The zero-order valence-corrected chi connectivity index (χ0v) is 17.2. The standard InChI is InChI=1S/C18H22N4O3S2/c1-11-8-14(25-3)15(26-16-10-20-18(19)27-16)9-13(11)17(24)22-6-4-21(5-7-22)12(2)23/h8-10H,4-7H2,1-3H3,(H2,19,20). The lowest BCUT2D eigenvalue weighted by Gasteiger charge is -2.34. The van der Waals surface area contributed by atoms with E-state index in [-0.39, 0.29) is 11.8 Å². The molecule has 1 aliphatic rings. The number of aryl methyl sites for hydroxylation is 1. The molecule has 27 heavy (non-hydrogen) atoms. The van der Waals surface area contributed by atoms with Gasteiger partial charge in [-0.2, -0.15) is 0 Å². The Hall–Kier alpha value is -2.26. The second-order valence-corrected chi connectivity index (χ2v) is 8.64. The Kier molecular flexibility index (Phi) is 5.91. The Bertz CT molecular complexity index is 860. The number of nitrogens with two attached hydrogens (primary N) is 1. The normalized spacial score (nSPS) is 14.3. The lowest BCUT2D eigenvalue weighted by atomic mass is 10.1. The summed E-state index contributed by atoms with van der Waals surface area (Å²) in [5, 5.41) is 0.503. The number of piperazine rings is 1. The molecule has 1 fully saturated rings. The third-order valence-corrected chi connectivity index (χ3v) is 6.43. The van der Waals surface area contributed by atoms with Crippen LogP contribution < -0.4 is 10.5 Å². The van der Waals surface area contributed by atoms with Crippen molar-refractivity contribution in [2.24, 2.45) is 0 Å². The topological polar surface area (TPSA) is 88.8 Å². The van der Waals surface area contributed by atoms with Gasteiger partial charge in [0.15, 0.2) is 5.13 Å². The molecule has 9 heteroatoms. The van der Waals surface area contributed by atoms with E-state index in [1.165, 1.54) is 23.1 Å². The van der Waals surface area contributed by atoms with Crippen molar-refractivity contribution in [3.05, 3.63) is 29.5 Å². The number of nitrogen functional groups attached to an aromatic ring is 1. The molecule has 144 valence electrons. The van der Waals surface area contributed by atoms with E-state index in [9.17, 15) is 9.59 Å². The molecule has 0 atom stereocenters. The van der Waals surface area contributed by atoms with E-state index in [0.717, 1.165) is 14.7 Å². The highest BCUT2D eigenvalue weighted by molar-refractivity contribution is 8.01. The Morgan fingerprint density at radius 2 is 1.89 bits per heavy atom. The van der Waals surface area contributed by atoms with Crippen LogP contribution in [0.25, 0.3) is 0 Å². The van der Waals surface area contributed by atoms with Crippen LogP contribution in [0, 0.1) is 6.92 Å². The molecule has 0 unspecified atom stereocenters. The van der Waals surface area contributed by atoms with Gasteiger partial charge in [-0.3, -0.25) is 9.59 Å². The highest BCUT2D eigenvalue weighted by Crippen LogP contribution is 2.39. The molecule has 1 aromatic carbocycles. The summed E-state index contributed by atoms with van der Waals surface area (Å²) in [5.41, 5.74) is 7.21. The minimum Gasteiger partial charge on any atom is -0.496 e. The van der Waals surface area contributed by atoms with Crippen LogP contribution in [0.5, 0.6) is 5.75 Å². The summed E-state index contributed by atoms with van der Waals surface area (Å²) < 4.78 is 6.42. The molecule has 0 aliphatic carbocycles. The third-order valence-electron chi connectivity index (χ3n) is 4.47. The number of nitrogens with zero attached hydrogens (tertiary/aromatic N) is 3. The average Bonchev–Trinajstić information content (AvgIpc) is 3.07. The number of hydrogen-bond acceptors (Lipinski definition) is 7. The predicted molar refractivity (Wildman–Crippen MR) is 107 cm³/mol. The van der Waals surface area contributed by atoms with E-state index < -0.39 is 0 Å². The highest BCUT2D eigenvalue weighted by atomic mass is 32.2. The number of methoxy groups -OCH3 is 1. The van der Waals surface area contributed by atoms with Crippen LogP contribution in [0.15, 0.2) is 27.4 Å². The number of hydrogen-bond donors (Lipinski definition) is 1. The van der Waals surface area contributed by atoms with Crippen LogP contribution in [0.3, 0.4) is 0 Å². The smallest absolute Gasteiger partial charge is 0.254 e. The third kappa shape index (κ3) is 4.36. The van der Waals surface area contributed by atoms with Crippen molar-refractivity contribution >= 4 is 40.0 Å². The fourth-order valence-corrected chi connectivity index (χ4v) is 4.80. The fraction of sp³-hybridized carbons (Fsp3) is 0.389. The molecular formula is C18H22N4O3S2. The molecule has 0 spiro atoms. The molecule has 1 saturated heterocycles. The van der Waals surface area contributed by atoms with Gasteiger partial charge in [0.2, 0.25) is 5.91 Å². The van der Waals surface area contributed by atoms with Gasteiger partial charge in [0.05, 0.1) is 22.4 Å². The molecule has 0 radical (unpaired) electrons. The van der Waals surface area contributed by atoms with Crippen molar-refractivity contribution in [2.45, 2.75) is 23.0 Å². The van der Waals surface area contributed by atoms with Crippen LogP contribution in [-0.4, -0.2) is 59.9 Å². The molecular weight excluding hydrogens is 384 g/mol. The zero-order chi connectivity index (χ0) is 19.6. The van der Waals surface area contributed by atoms with Crippen molar-refractivity contribution in [1.82, 2.24) is 14.8 Å². The Morgan fingerprint density at radius 1 is 1.22 bits per heavy atom. The minimum absolute atomic E-state index is 0.0241. The zero-order valence-electron chi connectivity index (χ0n) is 15.5. The first kappa shape index (κ1) is 19.5. The number of anilines is 1. The molecule has 3 rings (SSSR count). The number of ether oxygens (including phenoxy) is 1. The maximum atomic E-state index is 13.0. The van der Waals surface area contributed by atoms with Gasteiger partial charge in [-0.05, 0) is 24.6 Å². The predicted octanol–water partition coefficient (Wildman–Crippen LogP) is 2.50. The summed E-state index contributed by atoms with van der Waals surface area (Å²) in [7, 11) is 1.61. The van der Waals surface area contributed by atoms with Gasteiger partial charge < -0.3 is 20.3 Å². The Balaban J connectivity index is 1.83. The second-order valence-electron chi connectivity index (χ2n) is 6.24. The molecule has 1 aliphatic heterocycles.